The van der Waals surface area contributed by atoms with Gasteiger partial charge in [0.2, 0.25) is 0 Å². The van der Waals surface area contributed by atoms with Crippen LogP contribution in [-0.2, 0) is 14.3 Å². The molecule has 0 saturated carbocycles. The van der Waals surface area contributed by atoms with Crippen molar-refractivity contribution < 1.29 is 25.8 Å². The molecule has 10 heteroatoms. The average Bonchev–Trinajstić information content (AvgIpc) is 2.18. The highest BCUT2D eigenvalue weighted by atomic mass is 35.5. The Kier molecular flexibility index (Phi) is 4.23. The number of nitrogens with zero attached hydrogens (tertiary/aromatic N) is 1. The molecule has 1 aromatic rings. The quantitative estimate of drug-likeness (QED) is 0.636. The summed E-state index contributed by atoms with van der Waals surface area (Å²) in [6.07, 6.45) is -4.00. The van der Waals surface area contributed by atoms with Gasteiger partial charge in [-0.1, -0.05) is 23.2 Å². The van der Waals surface area contributed by atoms with Crippen molar-refractivity contribution in [1.82, 2.24) is 4.98 Å². The lowest BCUT2D eigenvalue weighted by Crippen LogP contribution is -2.20. The molecule has 0 bridgehead atoms. The third kappa shape index (κ3) is 4.30. The minimum absolute atomic E-state index is 0.165. The van der Waals surface area contributed by atoms with Crippen LogP contribution in [0, 0.1) is 0 Å². The number of hydrogen-bond acceptors (Lipinski definition) is 4. The van der Waals surface area contributed by atoms with Crippen LogP contribution in [0.3, 0.4) is 0 Å². The molecular weight excluding hydrogens is 306 g/mol. The van der Waals surface area contributed by atoms with E-state index < -0.39 is 27.8 Å². The van der Waals surface area contributed by atoms with E-state index in [9.17, 15) is 21.6 Å². The first-order valence-corrected chi connectivity index (χ1v) is 6.05. The van der Waals surface area contributed by atoms with E-state index in [2.05, 4.69) is 9.17 Å². The fourth-order valence-corrected chi connectivity index (χ4v) is 1.96. The van der Waals surface area contributed by atoms with Gasteiger partial charge < -0.3 is 0 Å². The molecule has 96 valence electrons. The molecule has 1 rings (SSSR count). The van der Waals surface area contributed by atoms with E-state index in [1.54, 1.807) is 0 Å². The van der Waals surface area contributed by atoms with Crippen LogP contribution in [0.25, 0.3) is 0 Å². The van der Waals surface area contributed by atoms with Gasteiger partial charge in [0, 0.05) is 6.20 Å². The van der Waals surface area contributed by atoms with Gasteiger partial charge in [-0.3, -0.25) is 4.18 Å². The van der Waals surface area contributed by atoms with Crippen molar-refractivity contribution in [3.05, 3.63) is 22.4 Å². The summed E-state index contributed by atoms with van der Waals surface area (Å²) in [6.45, 7) is -1.92. The molecule has 0 spiro atoms. The van der Waals surface area contributed by atoms with Crippen LogP contribution in [-0.4, -0.2) is 26.2 Å². The van der Waals surface area contributed by atoms with Crippen LogP contribution < -0.4 is 0 Å². The summed E-state index contributed by atoms with van der Waals surface area (Å²) in [4.78, 5) is 2.78. The normalized spacial score (nSPS) is 12.8. The molecule has 1 heterocycles. The molecule has 0 radical (unpaired) electrons. The monoisotopic (exact) mass is 309 g/mol. The van der Waals surface area contributed by atoms with E-state index in [1.165, 1.54) is 0 Å². The van der Waals surface area contributed by atoms with Crippen molar-refractivity contribution >= 4 is 33.3 Å². The Morgan fingerprint density at radius 1 is 1.35 bits per heavy atom. The zero-order valence-corrected chi connectivity index (χ0v) is 10.2. The topological polar surface area (TPSA) is 56.3 Å². The van der Waals surface area contributed by atoms with E-state index >= 15 is 0 Å². The van der Waals surface area contributed by atoms with Gasteiger partial charge in [0.1, 0.15) is 10.0 Å². The fraction of sp³-hybridized carbons (Fsp3) is 0.286. The second-order valence-corrected chi connectivity index (χ2v) is 5.16. The lowest BCUT2D eigenvalue weighted by atomic mass is 10.5. The van der Waals surface area contributed by atoms with Crippen LogP contribution in [0.4, 0.5) is 13.2 Å². The summed E-state index contributed by atoms with van der Waals surface area (Å²) in [6, 6.07) is 0.850. The van der Waals surface area contributed by atoms with Gasteiger partial charge in [0.05, 0.1) is 5.02 Å². The highest BCUT2D eigenvalue weighted by Gasteiger charge is 2.31. The smallest absolute Gasteiger partial charge is 0.257 e. The van der Waals surface area contributed by atoms with Gasteiger partial charge in [-0.15, -0.1) is 0 Å². The molecule has 0 saturated heterocycles. The summed E-state index contributed by atoms with van der Waals surface area (Å²) >= 11 is 10.9. The highest BCUT2D eigenvalue weighted by Crippen LogP contribution is 2.24. The Balaban J connectivity index is 2.94. The van der Waals surface area contributed by atoms with Crippen LogP contribution in [0.15, 0.2) is 17.2 Å². The Hall–Kier alpha value is -0.570. The molecule has 0 unspecified atom stereocenters. The Morgan fingerprint density at radius 2 is 1.94 bits per heavy atom. The van der Waals surface area contributed by atoms with Crippen molar-refractivity contribution in [2.24, 2.45) is 0 Å². The van der Waals surface area contributed by atoms with Crippen LogP contribution in [0.1, 0.15) is 0 Å². The predicted molar refractivity (Wildman–Crippen MR) is 53.4 cm³/mol. The summed E-state index contributed by atoms with van der Waals surface area (Å²) < 4.78 is 61.7. The van der Waals surface area contributed by atoms with E-state index in [-0.39, 0.29) is 10.2 Å². The van der Waals surface area contributed by atoms with Crippen molar-refractivity contribution in [2.45, 2.75) is 11.1 Å². The Labute approximate surface area is 104 Å². The third-order valence-electron chi connectivity index (χ3n) is 1.44. The van der Waals surface area contributed by atoms with Crippen LogP contribution in [0.2, 0.25) is 10.2 Å². The maximum absolute atomic E-state index is 11.8. The van der Waals surface area contributed by atoms with E-state index in [4.69, 9.17) is 23.2 Å². The zero-order chi connectivity index (χ0) is 13.3. The maximum atomic E-state index is 11.8. The molecule has 0 aliphatic rings. The van der Waals surface area contributed by atoms with Gasteiger partial charge in [0.15, 0.2) is 6.61 Å². The first-order chi connectivity index (χ1) is 7.62. The number of aromatic nitrogens is 1. The predicted octanol–water partition coefficient (Wildman–Crippen LogP) is 2.66. The molecule has 17 heavy (non-hydrogen) atoms. The first kappa shape index (κ1) is 14.5. The lowest BCUT2D eigenvalue weighted by molar-refractivity contribution is -0.152. The molecule has 0 atom stereocenters. The molecule has 1 aromatic heterocycles. The van der Waals surface area contributed by atoms with Gasteiger partial charge in [-0.2, -0.15) is 21.6 Å². The second kappa shape index (κ2) is 4.97. The maximum Gasteiger partial charge on any atom is 0.413 e. The number of rotatable bonds is 3. The molecule has 0 amide bonds. The molecule has 0 N–H and O–H groups in total. The van der Waals surface area contributed by atoms with Crippen LogP contribution >= 0.6 is 23.2 Å². The van der Waals surface area contributed by atoms with Crippen LogP contribution in [0.5, 0.6) is 0 Å². The Bertz CT molecular complexity index is 518. The summed E-state index contributed by atoms with van der Waals surface area (Å²) in [5, 5.41) is -0.371. The lowest BCUT2D eigenvalue weighted by Gasteiger charge is -2.08. The number of halogens is 5. The SMILES string of the molecule is O=S(=O)(OCC(F)(F)F)c1cnc(Cl)c(Cl)c1. The number of hydrogen-bond donors (Lipinski definition) is 0. The van der Waals surface area contributed by atoms with E-state index in [0.717, 1.165) is 12.3 Å². The molecule has 0 aliphatic carbocycles. The molecule has 4 nitrogen and oxygen atoms in total. The van der Waals surface area contributed by atoms with Crippen molar-refractivity contribution in [2.75, 3.05) is 6.61 Å². The van der Waals surface area contributed by atoms with Crippen molar-refractivity contribution in [1.29, 1.82) is 0 Å². The van der Waals surface area contributed by atoms with Crippen molar-refractivity contribution in [3.63, 3.8) is 0 Å². The van der Waals surface area contributed by atoms with Gasteiger partial charge in [-0.05, 0) is 6.07 Å². The van der Waals surface area contributed by atoms with E-state index in [1.807, 2.05) is 0 Å². The van der Waals surface area contributed by atoms with E-state index in [0.29, 0.717) is 0 Å². The number of pyridine rings is 1. The van der Waals surface area contributed by atoms with Crippen molar-refractivity contribution in [3.8, 4) is 0 Å². The highest BCUT2D eigenvalue weighted by molar-refractivity contribution is 7.86. The summed E-state index contributed by atoms with van der Waals surface area (Å²) in [7, 11) is -4.56. The average molecular weight is 310 g/mol. The van der Waals surface area contributed by atoms with Gasteiger partial charge in [-0.25, -0.2) is 4.98 Å². The third-order valence-corrected chi connectivity index (χ3v) is 3.35. The molecule has 0 fully saturated rings. The number of alkyl halides is 3. The summed E-state index contributed by atoms with van der Waals surface area (Å²) in [5.41, 5.74) is 0. The fourth-order valence-electron chi connectivity index (χ4n) is 0.753. The standard InChI is InChI=1S/C7H4Cl2F3NO3S/c8-5-1-4(2-13-6(5)9)17(14,15)16-3-7(10,11)12/h1-2H,3H2. The van der Waals surface area contributed by atoms with Gasteiger partial charge in [0.25, 0.3) is 10.1 Å². The largest absolute Gasteiger partial charge is 0.413 e. The second-order valence-electron chi connectivity index (χ2n) is 2.78. The minimum Gasteiger partial charge on any atom is -0.257 e. The molecule has 0 aromatic carbocycles. The zero-order valence-electron chi connectivity index (χ0n) is 7.83. The Morgan fingerprint density at radius 3 is 2.41 bits per heavy atom. The van der Waals surface area contributed by atoms with Gasteiger partial charge >= 0.3 is 6.18 Å². The first-order valence-electron chi connectivity index (χ1n) is 3.89. The molecular formula is C7H4Cl2F3NO3S. The summed E-state index contributed by atoms with van der Waals surface area (Å²) in [5.74, 6) is 0. The molecule has 0 aliphatic heterocycles. The minimum atomic E-state index is -4.75.